The third kappa shape index (κ3) is 69.0. The van der Waals surface area contributed by atoms with Gasteiger partial charge in [0.2, 0.25) is 0 Å². The predicted molar refractivity (Wildman–Crippen MR) is 386 cm³/mol. The van der Waals surface area contributed by atoms with Crippen molar-refractivity contribution in [2.75, 3.05) is 39.6 Å². The molecule has 0 aromatic heterocycles. The van der Waals surface area contributed by atoms with E-state index >= 15 is 0 Å². The minimum absolute atomic E-state index is 0.105. The van der Waals surface area contributed by atoms with Crippen LogP contribution in [-0.2, 0) is 65.4 Å². The molecule has 95 heavy (non-hydrogen) atoms. The molecule has 0 aliphatic rings. The van der Waals surface area contributed by atoms with Crippen molar-refractivity contribution in [3.63, 3.8) is 0 Å². The van der Waals surface area contributed by atoms with Crippen LogP contribution in [0.15, 0.2) is 0 Å². The highest BCUT2D eigenvalue weighted by Gasteiger charge is 2.30. The fourth-order valence-corrected chi connectivity index (χ4v) is 13.1. The molecule has 564 valence electrons. The molecule has 0 aliphatic carbocycles. The Kier molecular flexibility index (Phi) is 65.2. The van der Waals surface area contributed by atoms with Crippen LogP contribution in [-0.4, -0.2) is 96.7 Å². The first kappa shape index (κ1) is 93.1. The highest BCUT2D eigenvalue weighted by atomic mass is 31.2. The van der Waals surface area contributed by atoms with Gasteiger partial charge < -0.3 is 33.8 Å². The lowest BCUT2D eigenvalue weighted by Crippen LogP contribution is -2.30. The van der Waals surface area contributed by atoms with Crippen LogP contribution < -0.4 is 0 Å². The summed E-state index contributed by atoms with van der Waals surface area (Å²) in [5.74, 6) is 0.160. The first-order valence-corrected chi connectivity index (χ1v) is 42.4. The van der Waals surface area contributed by atoms with E-state index in [1.807, 2.05) is 0 Å². The summed E-state index contributed by atoms with van der Waals surface area (Å²) in [5, 5.41) is 10.6. The highest BCUT2D eigenvalue weighted by Crippen LogP contribution is 2.45. The summed E-state index contributed by atoms with van der Waals surface area (Å²) in [4.78, 5) is 72.8. The summed E-state index contributed by atoms with van der Waals surface area (Å²) >= 11 is 0. The molecule has 0 saturated heterocycles. The lowest BCUT2D eigenvalue weighted by molar-refractivity contribution is -0.161. The number of phosphoric acid groups is 2. The van der Waals surface area contributed by atoms with Crippen LogP contribution in [0.25, 0.3) is 0 Å². The third-order valence-corrected chi connectivity index (χ3v) is 19.9. The van der Waals surface area contributed by atoms with Gasteiger partial charge >= 0.3 is 39.5 Å². The SMILES string of the molecule is CCCCCCCCCCCCCCCCCC(=O)OC[C@H](COP(=O)(O)OC[C@@H](O)COP(=O)(O)OC[C@@H](COC(=O)CCCCCCCCC(C)CC)OC(=O)CCCCCCCCCCCCC(C)C)OC(=O)CCCCCCCCCCCCCCCCC(C)C. The highest BCUT2D eigenvalue weighted by molar-refractivity contribution is 7.47. The molecule has 19 heteroatoms. The van der Waals surface area contributed by atoms with E-state index in [9.17, 15) is 43.2 Å². The molecular formula is C76H148O17P2. The molecule has 0 aromatic rings. The molecule has 17 nitrogen and oxygen atoms in total. The van der Waals surface area contributed by atoms with Crippen LogP contribution in [0, 0.1) is 17.8 Å². The molecule has 0 aliphatic heterocycles. The van der Waals surface area contributed by atoms with E-state index in [-0.39, 0.29) is 25.7 Å². The number of rotatable bonds is 74. The average molecular weight is 1400 g/mol. The van der Waals surface area contributed by atoms with E-state index in [0.717, 1.165) is 114 Å². The van der Waals surface area contributed by atoms with Crippen LogP contribution >= 0.6 is 15.6 Å². The fraction of sp³-hybridized carbons (Fsp3) is 0.947. The van der Waals surface area contributed by atoms with Crippen molar-refractivity contribution >= 4 is 39.5 Å². The number of esters is 4. The maximum Gasteiger partial charge on any atom is 0.472 e. The summed E-state index contributed by atoms with van der Waals surface area (Å²) in [5.41, 5.74) is 0. The van der Waals surface area contributed by atoms with E-state index < -0.39 is 97.5 Å². The van der Waals surface area contributed by atoms with Crippen LogP contribution in [0.2, 0.25) is 0 Å². The van der Waals surface area contributed by atoms with Gasteiger partial charge in [-0.1, -0.05) is 337 Å². The van der Waals surface area contributed by atoms with Gasteiger partial charge in [0, 0.05) is 25.7 Å². The number of ether oxygens (including phenoxy) is 4. The topological polar surface area (TPSA) is 237 Å². The second-order valence-electron chi connectivity index (χ2n) is 28.6. The van der Waals surface area contributed by atoms with Gasteiger partial charge in [-0.2, -0.15) is 0 Å². The van der Waals surface area contributed by atoms with E-state index in [4.69, 9.17) is 37.0 Å². The van der Waals surface area contributed by atoms with E-state index in [0.29, 0.717) is 25.7 Å². The number of hydrogen-bond acceptors (Lipinski definition) is 15. The number of aliphatic hydroxyl groups excluding tert-OH is 1. The van der Waals surface area contributed by atoms with E-state index in [1.165, 1.54) is 193 Å². The summed E-state index contributed by atoms with van der Waals surface area (Å²) in [7, 11) is -9.91. The Morgan fingerprint density at radius 2 is 0.537 bits per heavy atom. The number of carbonyl (C=O) groups excluding carboxylic acids is 4. The van der Waals surface area contributed by atoms with Gasteiger partial charge in [-0.3, -0.25) is 37.3 Å². The Morgan fingerprint density at radius 1 is 0.305 bits per heavy atom. The van der Waals surface area contributed by atoms with Crippen molar-refractivity contribution in [3.05, 3.63) is 0 Å². The van der Waals surface area contributed by atoms with Gasteiger partial charge in [0.1, 0.15) is 19.3 Å². The molecule has 0 heterocycles. The second kappa shape index (κ2) is 66.6. The molecule has 0 radical (unpaired) electrons. The zero-order valence-corrected chi connectivity index (χ0v) is 63.9. The van der Waals surface area contributed by atoms with Crippen molar-refractivity contribution < 1.29 is 80.2 Å². The number of unbranched alkanes of at least 4 members (excludes halogenated alkanes) is 41. The molecular weight excluding hydrogens is 1250 g/mol. The number of phosphoric ester groups is 2. The molecule has 3 N–H and O–H groups in total. The van der Waals surface area contributed by atoms with Gasteiger partial charge in [0.05, 0.1) is 26.4 Å². The minimum Gasteiger partial charge on any atom is -0.462 e. The monoisotopic (exact) mass is 1400 g/mol. The van der Waals surface area contributed by atoms with Gasteiger partial charge in [-0.25, -0.2) is 9.13 Å². The minimum atomic E-state index is -4.96. The second-order valence-corrected chi connectivity index (χ2v) is 31.5. The average Bonchev–Trinajstić information content (AvgIpc) is 1.92. The van der Waals surface area contributed by atoms with Crippen LogP contribution in [0.1, 0.15) is 389 Å². The summed E-state index contributed by atoms with van der Waals surface area (Å²) < 4.78 is 68.5. The van der Waals surface area contributed by atoms with Crippen molar-refractivity contribution in [1.82, 2.24) is 0 Å². The Morgan fingerprint density at radius 3 is 0.800 bits per heavy atom. The maximum atomic E-state index is 13.1. The molecule has 0 bridgehead atoms. The number of carbonyl (C=O) groups is 4. The Labute approximate surface area is 581 Å². The van der Waals surface area contributed by atoms with E-state index in [2.05, 4.69) is 48.5 Å². The predicted octanol–water partition coefficient (Wildman–Crippen LogP) is 22.2. The van der Waals surface area contributed by atoms with Crippen molar-refractivity contribution in [3.8, 4) is 0 Å². The first-order chi connectivity index (χ1) is 45.8. The van der Waals surface area contributed by atoms with Crippen molar-refractivity contribution in [1.29, 1.82) is 0 Å². The normalized spacial score (nSPS) is 14.4. The molecule has 0 aromatic carbocycles. The van der Waals surface area contributed by atoms with Crippen molar-refractivity contribution in [2.24, 2.45) is 17.8 Å². The van der Waals surface area contributed by atoms with Gasteiger partial charge in [-0.15, -0.1) is 0 Å². The molecule has 0 amide bonds. The molecule has 0 fully saturated rings. The molecule has 3 unspecified atom stereocenters. The zero-order valence-electron chi connectivity index (χ0n) is 62.1. The standard InChI is InChI=1S/C76H148O17P2/c1-8-10-11-12-13-14-15-16-17-21-24-30-35-43-50-57-73(78)86-63-71(92-75(80)59-52-45-36-31-25-22-19-18-20-23-28-33-40-47-54-67(3)4)65-90-94(82,83)88-61-70(77)62-89-95(84,85)91-66-72(64-87-74(79)58-51-44-39-38-42-49-56-69(7)9-2)93-76(81)60-53-46-37-32-27-26-29-34-41-48-55-68(5)6/h67-72,77H,8-66H2,1-7H3,(H,82,83)(H,84,85)/t69?,70-,71-,72-/m1/s1. The summed E-state index contributed by atoms with van der Waals surface area (Å²) in [6.45, 7) is 11.9. The Hall–Kier alpha value is -1.94. The first-order valence-electron chi connectivity index (χ1n) is 39.4. The van der Waals surface area contributed by atoms with E-state index in [1.54, 1.807) is 0 Å². The van der Waals surface area contributed by atoms with Crippen LogP contribution in [0.3, 0.4) is 0 Å². The number of hydrogen-bond donors (Lipinski definition) is 3. The molecule has 0 rings (SSSR count). The fourth-order valence-electron chi connectivity index (χ4n) is 11.6. The summed E-state index contributed by atoms with van der Waals surface area (Å²) in [6, 6.07) is 0. The van der Waals surface area contributed by atoms with Gasteiger partial charge in [0.15, 0.2) is 12.2 Å². The molecule has 6 atom stereocenters. The Bertz CT molecular complexity index is 1850. The lowest BCUT2D eigenvalue weighted by atomic mass is 10.00. The largest absolute Gasteiger partial charge is 0.472 e. The smallest absolute Gasteiger partial charge is 0.462 e. The lowest BCUT2D eigenvalue weighted by Gasteiger charge is -2.21. The van der Waals surface area contributed by atoms with Gasteiger partial charge in [-0.05, 0) is 43.4 Å². The molecule has 0 saturated carbocycles. The molecule has 0 spiro atoms. The zero-order chi connectivity index (χ0) is 70.1. The summed E-state index contributed by atoms with van der Waals surface area (Å²) in [6.07, 6.45) is 52.7. The maximum absolute atomic E-state index is 13.1. The van der Waals surface area contributed by atoms with Crippen molar-refractivity contribution in [2.45, 2.75) is 407 Å². The third-order valence-electron chi connectivity index (χ3n) is 18.0. The van der Waals surface area contributed by atoms with Gasteiger partial charge in [0.25, 0.3) is 0 Å². The quantitative estimate of drug-likeness (QED) is 0.0222. The van der Waals surface area contributed by atoms with Crippen LogP contribution in [0.5, 0.6) is 0 Å². The Balaban J connectivity index is 5.26. The number of aliphatic hydroxyl groups is 1. The van der Waals surface area contributed by atoms with Crippen LogP contribution in [0.4, 0.5) is 0 Å².